The van der Waals surface area contributed by atoms with E-state index < -0.39 is 0 Å². The molecule has 0 bridgehead atoms. The van der Waals surface area contributed by atoms with E-state index in [1.54, 1.807) is 6.07 Å². The Hall–Kier alpha value is -1.72. The average Bonchev–Trinajstić information content (AvgIpc) is 3.15. The van der Waals surface area contributed by atoms with Crippen LogP contribution < -0.4 is 9.47 Å². The molecule has 2 aromatic rings. The molecule has 4 rings (SSSR count). The third-order valence-corrected chi connectivity index (χ3v) is 5.54. The van der Waals surface area contributed by atoms with E-state index in [1.165, 1.54) is 10.4 Å². The first kappa shape index (κ1) is 13.9. The van der Waals surface area contributed by atoms with Gasteiger partial charge in [-0.25, -0.2) is 0 Å². The highest BCUT2D eigenvalue weighted by Gasteiger charge is 2.28. The molecule has 0 radical (unpaired) electrons. The average molecular weight is 317 g/mol. The van der Waals surface area contributed by atoms with Gasteiger partial charge in [0, 0.05) is 35.6 Å². The summed E-state index contributed by atoms with van der Waals surface area (Å²) < 4.78 is 10.7. The van der Waals surface area contributed by atoms with E-state index in [2.05, 4.69) is 23.3 Å². The van der Waals surface area contributed by atoms with E-state index in [1.807, 2.05) is 17.4 Å². The highest BCUT2D eigenvalue weighted by Crippen LogP contribution is 2.40. The summed E-state index contributed by atoms with van der Waals surface area (Å²) in [6.45, 7) is 4.22. The van der Waals surface area contributed by atoms with Gasteiger partial charge in [-0.2, -0.15) is 0 Å². The van der Waals surface area contributed by atoms with Crippen LogP contribution in [0.25, 0.3) is 0 Å². The van der Waals surface area contributed by atoms with Gasteiger partial charge in [0.15, 0.2) is 11.5 Å². The Labute approximate surface area is 133 Å². The quantitative estimate of drug-likeness (QED) is 0.937. The second-order valence-electron chi connectivity index (χ2n) is 5.78. The third kappa shape index (κ3) is 2.25. The van der Waals surface area contributed by atoms with Crippen LogP contribution in [0.3, 0.4) is 0 Å². The molecule has 22 heavy (non-hydrogen) atoms. The van der Waals surface area contributed by atoms with Crippen LogP contribution in [0, 0.1) is 0 Å². The summed E-state index contributed by atoms with van der Waals surface area (Å²) in [5.74, 6) is 1.65. The smallest absolute Gasteiger partial charge is 0.231 e. The maximum absolute atomic E-state index is 10.3. The summed E-state index contributed by atoms with van der Waals surface area (Å²) in [6.07, 6.45) is 2.17. The molecule has 1 atom stereocenters. The number of nitrogens with zero attached hydrogens (tertiary/aromatic N) is 1. The van der Waals surface area contributed by atoms with Gasteiger partial charge in [0.2, 0.25) is 6.79 Å². The molecule has 0 amide bonds. The molecule has 0 saturated heterocycles. The van der Waals surface area contributed by atoms with Crippen molar-refractivity contribution in [3.63, 3.8) is 0 Å². The summed E-state index contributed by atoms with van der Waals surface area (Å²) in [5, 5.41) is 12.4. The van der Waals surface area contributed by atoms with E-state index in [0.717, 1.165) is 37.2 Å². The molecular weight excluding hydrogens is 298 g/mol. The number of hydrogen-bond donors (Lipinski definition) is 1. The number of thiophene rings is 1. The fraction of sp³-hybridized carbons (Fsp3) is 0.412. The minimum atomic E-state index is 0.234. The largest absolute Gasteiger partial charge is 0.507 e. The Morgan fingerprint density at radius 2 is 2.14 bits per heavy atom. The Balaban J connectivity index is 1.61. The van der Waals surface area contributed by atoms with Gasteiger partial charge in [0.25, 0.3) is 0 Å². The van der Waals surface area contributed by atoms with E-state index >= 15 is 0 Å². The predicted molar refractivity (Wildman–Crippen MR) is 85.7 cm³/mol. The molecule has 3 heterocycles. The van der Waals surface area contributed by atoms with Crippen molar-refractivity contribution >= 4 is 11.3 Å². The van der Waals surface area contributed by atoms with Crippen LogP contribution in [-0.4, -0.2) is 23.3 Å². The maximum atomic E-state index is 10.3. The van der Waals surface area contributed by atoms with Gasteiger partial charge in [-0.15, -0.1) is 11.3 Å². The first-order valence-electron chi connectivity index (χ1n) is 7.68. The van der Waals surface area contributed by atoms with Gasteiger partial charge >= 0.3 is 0 Å². The van der Waals surface area contributed by atoms with E-state index in [9.17, 15) is 5.11 Å². The maximum Gasteiger partial charge on any atom is 0.231 e. The zero-order valence-corrected chi connectivity index (χ0v) is 13.4. The van der Waals surface area contributed by atoms with Crippen molar-refractivity contribution in [3.05, 3.63) is 39.6 Å². The summed E-state index contributed by atoms with van der Waals surface area (Å²) in [7, 11) is 0. The van der Waals surface area contributed by atoms with Crippen molar-refractivity contribution in [2.75, 3.05) is 13.3 Å². The molecule has 0 unspecified atom stereocenters. The van der Waals surface area contributed by atoms with Gasteiger partial charge in [-0.05, 0) is 35.9 Å². The number of aromatic hydroxyl groups is 1. The number of phenolic OH excluding ortho intramolecular Hbond substituents is 1. The number of phenols is 1. The SMILES string of the molecule is CC[C@H]1c2ccsc2CCN1Cc1cc2c(cc1O)OCO2. The van der Waals surface area contributed by atoms with Crippen LogP contribution in [0.1, 0.15) is 35.4 Å². The molecule has 2 aliphatic rings. The van der Waals surface area contributed by atoms with Crippen molar-refractivity contribution in [2.24, 2.45) is 0 Å². The topological polar surface area (TPSA) is 41.9 Å². The second-order valence-corrected chi connectivity index (χ2v) is 6.78. The summed E-state index contributed by atoms with van der Waals surface area (Å²) >= 11 is 1.86. The number of rotatable bonds is 3. The third-order valence-electron chi connectivity index (χ3n) is 4.54. The first-order valence-corrected chi connectivity index (χ1v) is 8.56. The van der Waals surface area contributed by atoms with Crippen molar-refractivity contribution in [2.45, 2.75) is 32.4 Å². The van der Waals surface area contributed by atoms with Crippen molar-refractivity contribution in [1.82, 2.24) is 4.90 Å². The van der Waals surface area contributed by atoms with Crippen LogP contribution in [-0.2, 0) is 13.0 Å². The second kappa shape index (κ2) is 5.48. The summed E-state index contributed by atoms with van der Waals surface area (Å²) in [5.41, 5.74) is 2.36. The lowest BCUT2D eigenvalue weighted by Gasteiger charge is -2.35. The molecule has 116 valence electrons. The number of fused-ring (bicyclic) bond motifs is 2. The van der Waals surface area contributed by atoms with Gasteiger partial charge < -0.3 is 14.6 Å². The molecule has 1 N–H and O–H groups in total. The fourth-order valence-corrected chi connectivity index (χ4v) is 4.36. The minimum absolute atomic E-state index is 0.234. The van der Waals surface area contributed by atoms with E-state index in [-0.39, 0.29) is 12.5 Å². The molecule has 0 fully saturated rings. The highest BCUT2D eigenvalue weighted by atomic mass is 32.1. The molecule has 2 aliphatic heterocycles. The normalized spacial score (nSPS) is 20.1. The standard InChI is InChI=1S/C17H19NO3S/c1-2-13-12-4-6-22-17(12)3-5-18(13)9-11-7-15-16(8-14(11)19)21-10-20-15/h4,6-8,13,19H,2-3,5,9-10H2,1H3/t13-/m0/s1. The lowest BCUT2D eigenvalue weighted by molar-refractivity contribution is 0.170. The predicted octanol–water partition coefficient (Wildman–Crippen LogP) is 3.69. The zero-order chi connectivity index (χ0) is 15.1. The van der Waals surface area contributed by atoms with E-state index in [4.69, 9.17) is 9.47 Å². The minimum Gasteiger partial charge on any atom is -0.507 e. The number of ether oxygens (including phenoxy) is 2. The molecule has 1 aromatic heterocycles. The first-order chi connectivity index (χ1) is 10.8. The molecular formula is C17H19NO3S. The van der Waals surface area contributed by atoms with Gasteiger partial charge in [0.1, 0.15) is 5.75 Å². The van der Waals surface area contributed by atoms with Gasteiger partial charge in [-0.1, -0.05) is 6.92 Å². The van der Waals surface area contributed by atoms with Crippen molar-refractivity contribution in [3.8, 4) is 17.2 Å². The van der Waals surface area contributed by atoms with Gasteiger partial charge in [-0.3, -0.25) is 4.90 Å². The summed E-state index contributed by atoms with van der Waals surface area (Å²) in [6, 6.07) is 6.26. The lowest BCUT2D eigenvalue weighted by Crippen LogP contribution is -2.33. The Kier molecular flexibility index (Phi) is 3.47. The van der Waals surface area contributed by atoms with Crippen LogP contribution in [0.15, 0.2) is 23.6 Å². The van der Waals surface area contributed by atoms with Crippen LogP contribution in [0.4, 0.5) is 0 Å². The van der Waals surface area contributed by atoms with Gasteiger partial charge in [0.05, 0.1) is 0 Å². The Morgan fingerprint density at radius 3 is 2.95 bits per heavy atom. The molecule has 0 aliphatic carbocycles. The van der Waals surface area contributed by atoms with Crippen LogP contribution >= 0.6 is 11.3 Å². The lowest BCUT2D eigenvalue weighted by atomic mass is 9.97. The van der Waals surface area contributed by atoms with Crippen LogP contribution in [0.5, 0.6) is 17.2 Å². The van der Waals surface area contributed by atoms with Crippen molar-refractivity contribution in [1.29, 1.82) is 0 Å². The molecule has 0 saturated carbocycles. The summed E-state index contributed by atoms with van der Waals surface area (Å²) in [4.78, 5) is 3.96. The monoisotopic (exact) mass is 317 g/mol. The van der Waals surface area contributed by atoms with E-state index in [0.29, 0.717) is 11.8 Å². The van der Waals surface area contributed by atoms with Crippen LogP contribution in [0.2, 0.25) is 0 Å². The molecule has 1 aromatic carbocycles. The number of benzene rings is 1. The Morgan fingerprint density at radius 1 is 1.32 bits per heavy atom. The fourth-order valence-electron chi connectivity index (χ4n) is 3.43. The molecule has 5 heteroatoms. The Bertz CT molecular complexity index is 697. The highest BCUT2D eigenvalue weighted by molar-refractivity contribution is 7.10. The van der Waals surface area contributed by atoms with Crippen molar-refractivity contribution < 1.29 is 14.6 Å². The molecule has 0 spiro atoms. The zero-order valence-electron chi connectivity index (χ0n) is 12.5. The number of hydrogen-bond acceptors (Lipinski definition) is 5. The molecule has 4 nitrogen and oxygen atoms in total.